The van der Waals surface area contributed by atoms with Crippen molar-refractivity contribution in [1.82, 2.24) is 15.0 Å². The molecule has 0 atom stereocenters. The van der Waals surface area contributed by atoms with Crippen molar-refractivity contribution >= 4 is 22.7 Å². The molecule has 0 saturated carbocycles. The molecule has 3 aromatic rings. The second kappa shape index (κ2) is 5.20. The fourth-order valence-electron chi connectivity index (χ4n) is 2.07. The van der Waals surface area contributed by atoms with E-state index in [1.807, 2.05) is 13.0 Å². The highest BCUT2D eigenvalue weighted by Crippen LogP contribution is 2.20. The molecule has 0 fully saturated rings. The largest absolute Gasteiger partial charge is 0.352 e. The van der Waals surface area contributed by atoms with Crippen LogP contribution in [0.5, 0.6) is 0 Å². The number of nitrogens with zero attached hydrogens (tertiary/aromatic N) is 3. The van der Waals surface area contributed by atoms with Crippen molar-refractivity contribution in [2.75, 3.05) is 5.32 Å². The van der Waals surface area contributed by atoms with E-state index in [0.29, 0.717) is 23.5 Å². The van der Waals surface area contributed by atoms with Crippen LogP contribution in [0.2, 0.25) is 0 Å². The van der Waals surface area contributed by atoms with E-state index >= 15 is 0 Å². The first-order valence-corrected chi connectivity index (χ1v) is 6.41. The minimum absolute atomic E-state index is 0.0441. The molecule has 106 valence electrons. The number of non-ortho nitro benzene ring substituents is 1. The maximum absolute atomic E-state index is 10.7. The van der Waals surface area contributed by atoms with Gasteiger partial charge < -0.3 is 10.3 Å². The summed E-state index contributed by atoms with van der Waals surface area (Å²) < 4.78 is 0. The number of aromatic nitrogens is 3. The average molecular weight is 283 g/mol. The number of nitro groups is 1. The lowest BCUT2D eigenvalue weighted by atomic mass is 10.1. The zero-order chi connectivity index (χ0) is 14.8. The van der Waals surface area contributed by atoms with Crippen molar-refractivity contribution in [3.8, 4) is 0 Å². The molecule has 0 amide bonds. The van der Waals surface area contributed by atoms with Gasteiger partial charge in [0.2, 0.25) is 5.95 Å². The van der Waals surface area contributed by atoms with Crippen LogP contribution in [-0.4, -0.2) is 19.9 Å². The van der Waals surface area contributed by atoms with E-state index in [-0.39, 0.29) is 5.69 Å². The maximum atomic E-state index is 10.7. The highest BCUT2D eigenvalue weighted by atomic mass is 16.6. The molecule has 3 rings (SSSR count). The Morgan fingerprint density at radius 1 is 1.38 bits per heavy atom. The summed E-state index contributed by atoms with van der Waals surface area (Å²) in [5.74, 6) is 0.585. The summed E-state index contributed by atoms with van der Waals surface area (Å²) in [7, 11) is 0. The Balaban J connectivity index is 1.82. The SMILES string of the molecule is Cc1cnccc1CNc1nc2ccc([N+](=O)[O-])cc2[nH]1. The molecule has 0 bridgehead atoms. The van der Waals surface area contributed by atoms with Gasteiger partial charge in [0.05, 0.1) is 16.0 Å². The molecule has 2 heterocycles. The highest BCUT2D eigenvalue weighted by molar-refractivity contribution is 5.79. The summed E-state index contributed by atoms with van der Waals surface area (Å²) in [4.78, 5) is 21.8. The molecular weight excluding hydrogens is 270 g/mol. The Morgan fingerprint density at radius 3 is 3.00 bits per heavy atom. The maximum Gasteiger partial charge on any atom is 0.271 e. The van der Waals surface area contributed by atoms with E-state index in [1.165, 1.54) is 12.1 Å². The molecule has 2 N–H and O–H groups in total. The van der Waals surface area contributed by atoms with Crippen LogP contribution in [0.1, 0.15) is 11.1 Å². The monoisotopic (exact) mass is 283 g/mol. The van der Waals surface area contributed by atoms with E-state index in [1.54, 1.807) is 18.5 Å². The zero-order valence-electron chi connectivity index (χ0n) is 11.3. The summed E-state index contributed by atoms with van der Waals surface area (Å²) in [6, 6.07) is 6.49. The minimum Gasteiger partial charge on any atom is -0.352 e. The molecular formula is C14H13N5O2. The van der Waals surface area contributed by atoms with Crippen LogP contribution in [0.25, 0.3) is 11.0 Å². The summed E-state index contributed by atoms with van der Waals surface area (Å²) in [6.07, 6.45) is 3.55. The molecule has 0 radical (unpaired) electrons. The number of fused-ring (bicyclic) bond motifs is 1. The molecule has 1 aromatic carbocycles. The lowest BCUT2D eigenvalue weighted by Crippen LogP contribution is -2.02. The first kappa shape index (κ1) is 13.0. The Hall–Kier alpha value is -2.96. The zero-order valence-corrected chi connectivity index (χ0v) is 11.3. The molecule has 7 nitrogen and oxygen atoms in total. The first-order valence-electron chi connectivity index (χ1n) is 6.41. The van der Waals surface area contributed by atoms with Crippen molar-refractivity contribution < 1.29 is 4.92 Å². The van der Waals surface area contributed by atoms with Crippen LogP contribution in [0.3, 0.4) is 0 Å². The van der Waals surface area contributed by atoms with Crippen molar-refractivity contribution in [2.24, 2.45) is 0 Å². The van der Waals surface area contributed by atoms with Crippen LogP contribution in [0, 0.1) is 17.0 Å². The predicted octanol–water partition coefficient (Wildman–Crippen LogP) is 2.79. The van der Waals surface area contributed by atoms with E-state index < -0.39 is 4.92 Å². The van der Waals surface area contributed by atoms with Gasteiger partial charge in [-0.2, -0.15) is 0 Å². The molecule has 0 spiro atoms. The van der Waals surface area contributed by atoms with Crippen LogP contribution < -0.4 is 5.32 Å². The summed E-state index contributed by atoms with van der Waals surface area (Å²) >= 11 is 0. The van der Waals surface area contributed by atoms with Gasteiger partial charge in [-0.25, -0.2) is 4.98 Å². The van der Waals surface area contributed by atoms with Gasteiger partial charge in [0, 0.05) is 31.1 Å². The number of rotatable bonds is 4. The number of nitro benzene ring substituents is 1. The summed E-state index contributed by atoms with van der Waals surface area (Å²) in [5, 5.41) is 13.9. The number of aryl methyl sites for hydroxylation is 1. The van der Waals surface area contributed by atoms with Crippen LogP contribution in [0.15, 0.2) is 36.7 Å². The third-order valence-electron chi connectivity index (χ3n) is 3.26. The normalized spacial score (nSPS) is 10.7. The van der Waals surface area contributed by atoms with Gasteiger partial charge in [-0.1, -0.05) is 0 Å². The van der Waals surface area contributed by atoms with E-state index in [9.17, 15) is 10.1 Å². The Kier molecular flexibility index (Phi) is 3.23. The lowest BCUT2D eigenvalue weighted by molar-refractivity contribution is -0.384. The van der Waals surface area contributed by atoms with Gasteiger partial charge in [-0.05, 0) is 30.2 Å². The number of nitrogens with one attached hydrogen (secondary N) is 2. The smallest absolute Gasteiger partial charge is 0.271 e. The lowest BCUT2D eigenvalue weighted by Gasteiger charge is -2.05. The predicted molar refractivity (Wildman–Crippen MR) is 79.0 cm³/mol. The summed E-state index contributed by atoms with van der Waals surface area (Å²) in [5.41, 5.74) is 3.59. The van der Waals surface area contributed by atoms with Gasteiger partial charge in [0.15, 0.2) is 0 Å². The Morgan fingerprint density at radius 2 is 2.24 bits per heavy atom. The number of hydrogen-bond acceptors (Lipinski definition) is 5. The quantitative estimate of drug-likeness (QED) is 0.567. The number of anilines is 1. The second-order valence-electron chi connectivity index (χ2n) is 4.70. The fraction of sp³-hybridized carbons (Fsp3) is 0.143. The Labute approximate surface area is 120 Å². The highest BCUT2D eigenvalue weighted by Gasteiger charge is 2.09. The van der Waals surface area contributed by atoms with Crippen molar-refractivity contribution in [1.29, 1.82) is 0 Å². The number of benzene rings is 1. The molecule has 0 aliphatic carbocycles. The van der Waals surface area contributed by atoms with Gasteiger partial charge >= 0.3 is 0 Å². The molecule has 0 aliphatic heterocycles. The van der Waals surface area contributed by atoms with Gasteiger partial charge in [0.1, 0.15) is 0 Å². The number of aromatic amines is 1. The van der Waals surface area contributed by atoms with Crippen LogP contribution >= 0.6 is 0 Å². The minimum atomic E-state index is -0.423. The average Bonchev–Trinajstić information content (AvgIpc) is 2.88. The third kappa shape index (κ3) is 2.66. The molecule has 0 aliphatic rings. The number of imidazole rings is 1. The van der Waals surface area contributed by atoms with Gasteiger partial charge in [-0.15, -0.1) is 0 Å². The number of hydrogen-bond donors (Lipinski definition) is 2. The number of pyridine rings is 1. The molecule has 7 heteroatoms. The number of H-pyrrole nitrogens is 1. The van der Waals surface area contributed by atoms with Crippen molar-refractivity contribution in [3.05, 3.63) is 57.9 Å². The first-order chi connectivity index (χ1) is 10.1. The Bertz CT molecular complexity index is 812. The topological polar surface area (TPSA) is 96.7 Å². The summed E-state index contributed by atoms with van der Waals surface area (Å²) in [6.45, 7) is 2.60. The van der Waals surface area contributed by atoms with E-state index in [0.717, 1.165) is 11.1 Å². The van der Waals surface area contributed by atoms with E-state index in [4.69, 9.17) is 0 Å². The second-order valence-corrected chi connectivity index (χ2v) is 4.70. The fourth-order valence-corrected chi connectivity index (χ4v) is 2.07. The molecule has 0 unspecified atom stereocenters. The van der Waals surface area contributed by atoms with Crippen LogP contribution in [-0.2, 0) is 6.54 Å². The van der Waals surface area contributed by atoms with Gasteiger partial charge in [-0.3, -0.25) is 15.1 Å². The van der Waals surface area contributed by atoms with Crippen molar-refractivity contribution in [3.63, 3.8) is 0 Å². The standard InChI is InChI=1S/C14H13N5O2/c1-9-7-15-5-4-10(9)8-16-14-17-12-3-2-11(19(20)21)6-13(12)18-14/h2-7H,8H2,1H3,(H2,16,17,18). The van der Waals surface area contributed by atoms with E-state index in [2.05, 4.69) is 20.3 Å². The molecule has 21 heavy (non-hydrogen) atoms. The van der Waals surface area contributed by atoms with Gasteiger partial charge in [0.25, 0.3) is 5.69 Å². The molecule has 2 aromatic heterocycles. The third-order valence-corrected chi connectivity index (χ3v) is 3.26. The van der Waals surface area contributed by atoms with Crippen molar-refractivity contribution in [2.45, 2.75) is 13.5 Å². The van der Waals surface area contributed by atoms with Crippen LogP contribution in [0.4, 0.5) is 11.6 Å². The molecule has 0 saturated heterocycles.